The van der Waals surface area contributed by atoms with Crippen LogP contribution in [0.1, 0.15) is 5.56 Å². The summed E-state index contributed by atoms with van der Waals surface area (Å²) in [6.07, 6.45) is 2.35. The fraction of sp³-hybridized carbons (Fsp3) is 0.231. The molecule has 0 atom stereocenters. The Bertz CT molecular complexity index is 625. The van der Waals surface area contributed by atoms with Gasteiger partial charge in [-0.15, -0.1) is 0 Å². The minimum absolute atomic E-state index is 0.127. The number of fused-ring (bicyclic) bond motifs is 1. The van der Waals surface area contributed by atoms with Crippen LogP contribution in [0.15, 0.2) is 24.4 Å². The Kier molecular flexibility index (Phi) is 2.16. The zero-order valence-electron chi connectivity index (χ0n) is 10.3. The number of benzene rings is 1. The van der Waals surface area contributed by atoms with E-state index < -0.39 is 0 Å². The molecule has 5 nitrogen and oxygen atoms in total. The van der Waals surface area contributed by atoms with Crippen LogP contribution in [0, 0.1) is 0 Å². The van der Waals surface area contributed by atoms with Crippen LogP contribution >= 0.6 is 0 Å². The van der Waals surface area contributed by atoms with Crippen LogP contribution in [-0.4, -0.2) is 22.5 Å². The number of nitrogens with zero attached hydrogens (tertiary/aromatic N) is 3. The summed E-state index contributed by atoms with van der Waals surface area (Å²) < 4.78 is 1.78. The molecule has 1 aromatic heterocycles. The van der Waals surface area contributed by atoms with E-state index in [0.29, 0.717) is 12.4 Å². The number of anilines is 2. The quantitative estimate of drug-likeness (QED) is 0.817. The van der Waals surface area contributed by atoms with E-state index in [0.717, 1.165) is 22.5 Å². The summed E-state index contributed by atoms with van der Waals surface area (Å²) in [5.74, 6) is 0.612. The van der Waals surface area contributed by atoms with Crippen molar-refractivity contribution in [3.8, 4) is 11.3 Å². The van der Waals surface area contributed by atoms with Gasteiger partial charge >= 0.3 is 0 Å². The molecule has 0 unspecified atom stereocenters. The number of rotatable bonds is 1. The van der Waals surface area contributed by atoms with Crippen LogP contribution in [0.5, 0.6) is 0 Å². The summed E-state index contributed by atoms with van der Waals surface area (Å²) in [6.45, 7) is 0. The number of nitrogen functional groups attached to an aromatic ring is 1. The number of nitrogens with two attached hydrogens (primary N) is 1. The molecular weight excluding hydrogens is 228 g/mol. The first-order valence-electron chi connectivity index (χ1n) is 5.75. The third-order valence-corrected chi connectivity index (χ3v) is 3.36. The standard InChI is InChI=1S/C13H14N4O/c1-16-7-10(15-13(16)14)8-3-4-11-9(5-8)6-12(18)17(11)2/h3-5,7H,6H2,1-2H3,(H2,14,15). The number of hydrogen-bond acceptors (Lipinski definition) is 3. The summed E-state index contributed by atoms with van der Waals surface area (Å²) >= 11 is 0. The predicted molar refractivity (Wildman–Crippen MR) is 70.2 cm³/mol. The van der Waals surface area contributed by atoms with Crippen molar-refractivity contribution in [1.29, 1.82) is 0 Å². The average Bonchev–Trinajstić information content (AvgIpc) is 2.81. The Labute approximate surface area is 105 Å². The Balaban J connectivity index is 2.06. The highest BCUT2D eigenvalue weighted by atomic mass is 16.2. The van der Waals surface area contributed by atoms with Gasteiger partial charge in [0.15, 0.2) is 5.95 Å². The van der Waals surface area contributed by atoms with Crippen LogP contribution < -0.4 is 10.6 Å². The maximum atomic E-state index is 11.6. The van der Waals surface area contributed by atoms with E-state index in [9.17, 15) is 4.79 Å². The second-order valence-electron chi connectivity index (χ2n) is 4.57. The zero-order chi connectivity index (χ0) is 12.9. The van der Waals surface area contributed by atoms with E-state index in [-0.39, 0.29) is 5.91 Å². The number of carbonyl (C=O) groups is 1. The molecule has 18 heavy (non-hydrogen) atoms. The van der Waals surface area contributed by atoms with E-state index in [4.69, 9.17) is 5.73 Å². The molecule has 0 radical (unpaired) electrons. The smallest absolute Gasteiger partial charge is 0.231 e. The molecule has 0 saturated carbocycles. The molecule has 2 aromatic rings. The van der Waals surface area contributed by atoms with E-state index >= 15 is 0 Å². The highest BCUT2D eigenvalue weighted by molar-refractivity contribution is 6.01. The minimum Gasteiger partial charge on any atom is -0.369 e. The number of likely N-dealkylation sites (N-methyl/N-ethyl adjacent to an activating group) is 1. The Hall–Kier alpha value is -2.30. The van der Waals surface area contributed by atoms with Crippen molar-refractivity contribution in [3.63, 3.8) is 0 Å². The average molecular weight is 242 g/mol. The first-order chi connectivity index (χ1) is 8.56. The van der Waals surface area contributed by atoms with Crippen LogP contribution in [0.4, 0.5) is 11.6 Å². The SMILES string of the molecule is CN1C(=O)Cc2cc(-c3cn(C)c(N)n3)ccc21. The molecule has 0 aliphatic carbocycles. The lowest BCUT2D eigenvalue weighted by Gasteiger charge is -2.09. The lowest BCUT2D eigenvalue weighted by atomic mass is 10.1. The molecule has 2 N–H and O–H groups in total. The number of imidazole rings is 1. The largest absolute Gasteiger partial charge is 0.369 e. The zero-order valence-corrected chi connectivity index (χ0v) is 10.3. The van der Waals surface area contributed by atoms with E-state index in [2.05, 4.69) is 4.98 Å². The molecule has 1 aliphatic rings. The number of aryl methyl sites for hydroxylation is 1. The minimum atomic E-state index is 0.127. The summed E-state index contributed by atoms with van der Waals surface area (Å²) in [5.41, 5.74) is 9.57. The van der Waals surface area contributed by atoms with Gasteiger partial charge in [-0.05, 0) is 17.7 Å². The topological polar surface area (TPSA) is 64.2 Å². The molecule has 1 amide bonds. The molecule has 0 spiro atoms. The summed E-state index contributed by atoms with van der Waals surface area (Å²) in [5, 5.41) is 0. The summed E-state index contributed by atoms with van der Waals surface area (Å²) in [7, 11) is 3.66. The Morgan fingerprint density at radius 3 is 2.78 bits per heavy atom. The van der Waals surface area contributed by atoms with Gasteiger partial charge in [0.05, 0.1) is 12.1 Å². The van der Waals surface area contributed by atoms with Crippen molar-refractivity contribution in [3.05, 3.63) is 30.0 Å². The monoisotopic (exact) mass is 242 g/mol. The molecule has 0 saturated heterocycles. The van der Waals surface area contributed by atoms with Gasteiger partial charge in [0, 0.05) is 31.5 Å². The third-order valence-electron chi connectivity index (χ3n) is 3.36. The second-order valence-corrected chi connectivity index (χ2v) is 4.57. The highest BCUT2D eigenvalue weighted by Gasteiger charge is 2.24. The first kappa shape index (κ1) is 10.8. The van der Waals surface area contributed by atoms with E-state index in [1.54, 1.807) is 16.5 Å². The molecule has 92 valence electrons. The fourth-order valence-electron chi connectivity index (χ4n) is 2.25. The lowest BCUT2D eigenvalue weighted by Crippen LogP contribution is -2.20. The maximum Gasteiger partial charge on any atom is 0.231 e. The van der Waals surface area contributed by atoms with Gasteiger partial charge in [-0.1, -0.05) is 6.07 Å². The van der Waals surface area contributed by atoms with Gasteiger partial charge < -0.3 is 15.2 Å². The number of amides is 1. The maximum absolute atomic E-state index is 11.6. The molecule has 2 heterocycles. The molecule has 1 aliphatic heterocycles. The van der Waals surface area contributed by atoms with Crippen molar-refractivity contribution in [1.82, 2.24) is 9.55 Å². The second kappa shape index (κ2) is 3.60. The summed E-state index contributed by atoms with van der Waals surface area (Å²) in [4.78, 5) is 17.6. The van der Waals surface area contributed by atoms with Crippen molar-refractivity contribution in [2.24, 2.45) is 7.05 Å². The predicted octanol–water partition coefficient (Wildman–Crippen LogP) is 1.19. The van der Waals surface area contributed by atoms with Crippen molar-refractivity contribution >= 4 is 17.5 Å². The number of carbonyl (C=O) groups excluding carboxylic acids is 1. The van der Waals surface area contributed by atoms with Gasteiger partial charge in [-0.2, -0.15) is 0 Å². The van der Waals surface area contributed by atoms with E-state index in [1.807, 2.05) is 31.4 Å². The Morgan fingerprint density at radius 1 is 1.33 bits per heavy atom. The third kappa shape index (κ3) is 1.48. The van der Waals surface area contributed by atoms with Crippen molar-refractivity contribution in [2.45, 2.75) is 6.42 Å². The summed E-state index contributed by atoms with van der Waals surface area (Å²) in [6, 6.07) is 5.94. The molecule has 1 aromatic carbocycles. The molecule has 0 fully saturated rings. The van der Waals surface area contributed by atoms with Gasteiger partial charge in [-0.25, -0.2) is 4.98 Å². The van der Waals surface area contributed by atoms with Crippen molar-refractivity contribution < 1.29 is 4.79 Å². The lowest BCUT2D eigenvalue weighted by molar-refractivity contribution is -0.117. The fourth-order valence-corrected chi connectivity index (χ4v) is 2.25. The Morgan fingerprint density at radius 2 is 2.11 bits per heavy atom. The van der Waals surface area contributed by atoms with Gasteiger partial charge in [-0.3, -0.25) is 4.79 Å². The first-order valence-corrected chi connectivity index (χ1v) is 5.75. The van der Waals surface area contributed by atoms with Crippen LogP contribution in [0.3, 0.4) is 0 Å². The van der Waals surface area contributed by atoms with Crippen LogP contribution in [0.25, 0.3) is 11.3 Å². The van der Waals surface area contributed by atoms with Crippen LogP contribution in [-0.2, 0) is 18.3 Å². The molecule has 0 bridgehead atoms. The molecule has 5 heteroatoms. The van der Waals surface area contributed by atoms with E-state index in [1.165, 1.54) is 0 Å². The molecule has 3 rings (SSSR count). The number of aromatic nitrogens is 2. The molecular formula is C13H14N4O. The highest BCUT2D eigenvalue weighted by Crippen LogP contribution is 2.31. The van der Waals surface area contributed by atoms with Gasteiger partial charge in [0.1, 0.15) is 0 Å². The van der Waals surface area contributed by atoms with Crippen molar-refractivity contribution in [2.75, 3.05) is 17.7 Å². The number of hydrogen-bond donors (Lipinski definition) is 1. The van der Waals surface area contributed by atoms with Gasteiger partial charge in [0.25, 0.3) is 0 Å². The van der Waals surface area contributed by atoms with Gasteiger partial charge in [0.2, 0.25) is 5.91 Å². The normalized spacial score (nSPS) is 14.1. The van der Waals surface area contributed by atoms with Crippen LogP contribution in [0.2, 0.25) is 0 Å².